The molecule has 5 heterocycles. The number of likely N-dealkylation sites (tertiary alicyclic amines) is 2. The third-order valence-electron chi connectivity index (χ3n) is 6.44. The van der Waals surface area contributed by atoms with Crippen LogP contribution in [0.5, 0.6) is 0 Å². The largest absolute Gasteiger partial charge is 0.458 e. The lowest BCUT2D eigenvalue weighted by atomic mass is 10.2. The average molecular weight is 450 g/mol. The number of hydrogen-bond acceptors (Lipinski definition) is 7. The second-order valence-corrected chi connectivity index (χ2v) is 9.15. The zero-order chi connectivity index (χ0) is 22.9. The lowest BCUT2D eigenvalue weighted by Gasteiger charge is -2.23. The summed E-state index contributed by atoms with van der Waals surface area (Å²) in [7, 11) is 0. The third-order valence-corrected chi connectivity index (χ3v) is 6.44. The first-order chi connectivity index (χ1) is 15.9. The molecule has 1 unspecified atom stereocenters. The van der Waals surface area contributed by atoms with Gasteiger partial charge in [-0.1, -0.05) is 0 Å². The lowest BCUT2D eigenvalue weighted by molar-refractivity contribution is -0.117. The van der Waals surface area contributed by atoms with E-state index in [1.54, 1.807) is 10.7 Å². The maximum absolute atomic E-state index is 12.9. The highest BCUT2D eigenvalue weighted by atomic mass is 16.3. The molecule has 1 amide bonds. The van der Waals surface area contributed by atoms with E-state index in [0.717, 1.165) is 36.7 Å². The van der Waals surface area contributed by atoms with Crippen LogP contribution in [0.3, 0.4) is 0 Å². The van der Waals surface area contributed by atoms with Gasteiger partial charge in [0.1, 0.15) is 11.6 Å². The Kier molecular flexibility index (Phi) is 5.99. The Labute approximate surface area is 193 Å². The molecule has 174 valence electrons. The Morgan fingerprint density at radius 2 is 1.94 bits per heavy atom. The van der Waals surface area contributed by atoms with Gasteiger partial charge in [0.2, 0.25) is 5.91 Å². The number of anilines is 1. The first kappa shape index (κ1) is 21.8. The minimum absolute atomic E-state index is 0.0725. The Hall–Kier alpha value is -3.04. The molecule has 3 aromatic rings. The fourth-order valence-electron chi connectivity index (χ4n) is 4.88. The van der Waals surface area contributed by atoms with E-state index >= 15 is 0 Å². The zero-order valence-electron chi connectivity index (χ0n) is 19.5. The SMILES string of the molecule is Cc1cc(C)n(-c2cc(NC(=O)CN3CCC(N4CCCC4)C3)nc(-c3ccc(C)o3)n2)n1. The summed E-state index contributed by atoms with van der Waals surface area (Å²) in [6, 6.07) is 8.03. The van der Waals surface area contributed by atoms with Gasteiger partial charge in [-0.15, -0.1) is 0 Å². The van der Waals surface area contributed by atoms with Gasteiger partial charge in [0.05, 0.1) is 12.2 Å². The summed E-state index contributed by atoms with van der Waals surface area (Å²) in [4.78, 5) is 26.9. The number of hydrogen-bond donors (Lipinski definition) is 1. The molecule has 5 rings (SSSR count). The molecule has 1 N–H and O–H groups in total. The second-order valence-electron chi connectivity index (χ2n) is 9.15. The minimum Gasteiger partial charge on any atom is -0.458 e. The highest BCUT2D eigenvalue weighted by Crippen LogP contribution is 2.23. The molecule has 2 aliphatic heterocycles. The number of rotatable bonds is 6. The van der Waals surface area contributed by atoms with Crippen LogP contribution in [0.4, 0.5) is 5.82 Å². The van der Waals surface area contributed by atoms with Gasteiger partial charge in [-0.05, 0) is 71.3 Å². The number of nitrogens with zero attached hydrogens (tertiary/aromatic N) is 6. The van der Waals surface area contributed by atoms with E-state index < -0.39 is 0 Å². The van der Waals surface area contributed by atoms with Crippen LogP contribution in [0.25, 0.3) is 17.4 Å². The standard InChI is InChI=1S/C24H31N7O2/c1-16-12-17(2)31(28-16)22-13-21(26-24(27-22)20-7-6-18(3)33-20)25-23(32)15-29-11-8-19(14-29)30-9-4-5-10-30/h6-7,12-13,19H,4-5,8-11,14-15H2,1-3H3,(H,25,26,27,32). The quantitative estimate of drug-likeness (QED) is 0.618. The van der Waals surface area contributed by atoms with Crippen molar-refractivity contribution in [3.8, 4) is 17.4 Å². The smallest absolute Gasteiger partial charge is 0.239 e. The molecule has 1 atom stereocenters. The molecule has 0 bridgehead atoms. The van der Waals surface area contributed by atoms with Crippen molar-refractivity contribution in [2.24, 2.45) is 0 Å². The molecule has 0 radical (unpaired) electrons. The van der Waals surface area contributed by atoms with Crippen LogP contribution in [0.1, 0.15) is 36.4 Å². The van der Waals surface area contributed by atoms with Crippen LogP contribution in [0.15, 0.2) is 28.7 Å². The van der Waals surface area contributed by atoms with Crippen molar-refractivity contribution >= 4 is 11.7 Å². The summed E-state index contributed by atoms with van der Waals surface area (Å²) in [5, 5.41) is 7.52. The molecule has 2 saturated heterocycles. The summed E-state index contributed by atoms with van der Waals surface area (Å²) in [5.74, 6) is 2.70. The molecule has 9 nitrogen and oxygen atoms in total. The van der Waals surface area contributed by atoms with E-state index in [-0.39, 0.29) is 5.91 Å². The van der Waals surface area contributed by atoms with E-state index in [0.29, 0.717) is 35.8 Å². The average Bonchev–Trinajstić information content (AvgIpc) is 3.55. The van der Waals surface area contributed by atoms with E-state index in [9.17, 15) is 4.79 Å². The first-order valence-electron chi connectivity index (χ1n) is 11.7. The zero-order valence-corrected chi connectivity index (χ0v) is 19.5. The Morgan fingerprint density at radius 3 is 2.64 bits per heavy atom. The molecule has 9 heteroatoms. The van der Waals surface area contributed by atoms with Crippen LogP contribution in [-0.4, -0.2) is 74.2 Å². The molecule has 0 saturated carbocycles. The number of carbonyl (C=O) groups excluding carboxylic acids is 1. The van der Waals surface area contributed by atoms with Gasteiger partial charge in [0.15, 0.2) is 17.4 Å². The summed E-state index contributed by atoms with van der Waals surface area (Å²) in [5.41, 5.74) is 1.85. The molecular weight excluding hydrogens is 418 g/mol. The highest BCUT2D eigenvalue weighted by molar-refractivity contribution is 5.91. The number of carbonyl (C=O) groups is 1. The van der Waals surface area contributed by atoms with Gasteiger partial charge in [0, 0.05) is 30.9 Å². The number of amides is 1. The summed E-state index contributed by atoms with van der Waals surface area (Å²) in [6.45, 7) is 10.4. The topological polar surface area (TPSA) is 92.3 Å². The predicted molar refractivity (Wildman–Crippen MR) is 125 cm³/mol. The van der Waals surface area contributed by atoms with Crippen molar-refractivity contribution in [1.82, 2.24) is 29.5 Å². The van der Waals surface area contributed by atoms with Crippen molar-refractivity contribution in [3.63, 3.8) is 0 Å². The highest BCUT2D eigenvalue weighted by Gasteiger charge is 2.30. The number of aromatic nitrogens is 4. The summed E-state index contributed by atoms with van der Waals surface area (Å²) in [6.07, 6.45) is 3.71. The molecule has 33 heavy (non-hydrogen) atoms. The van der Waals surface area contributed by atoms with Crippen molar-refractivity contribution in [2.45, 2.75) is 46.1 Å². The molecule has 0 spiro atoms. The van der Waals surface area contributed by atoms with Crippen LogP contribution in [0.2, 0.25) is 0 Å². The van der Waals surface area contributed by atoms with E-state index in [4.69, 9.17) is 4.42 Å². The van der Waals surface area contributed by atoms with Crippen LogP contribution >= 0.6 is 0 Å². The molecule has 3 aromatic heterocycles. The fraction of sp³-hybridized carbons (Fsp3) is 0.500. The summed E-state index contributed by atoms with van der Waals surface area (Å²) >= 11 is 0. The Bertz CT molecular complexity index is 1150. The van der Waals surface area contributed by atoms with Gasteiger partial charge < -0.3 is 9.73 Å². The van der Waals surface area contributed by atoms with E-state index in [1.807, 2.05) is 39.0 Å². The van der Waals surface area contributed by atoms with Crippen LogP contribution < -0.4 is 5.32 Å². The van der Waals surface area contributed by atoms with Crippen LogP contribution in [-0.2, 0) is 4.79 Å². The Morgan fingerprint density at radius 1 is 1.12 bits per heavy atom. The van der Waals surface area contributed by atoms with Crippen LogP contribution in [0, 0.1) is 20.8 Å². The molecule has 0 aromatic carbocycles. The van der Waals surface area contributed by atoms with Crippen molar-refractivity contribution in [3.05, 3.63) is 41.4 Å². The number of furan rings is 1. The van der Waals surface area contributed by atoms with Crippen molar-refractivity contribution in [2.75, 3.05) is 38.0 Å². The van der Waals surface area contributed by atoms with Gasteiger partial charge >= 0.3 is 0 Å². The molecular formula is C24H31N7O2. The first-order valence-corrected chi connectivity index (χ1v) is 11.7. The fourth-order valence-corrected chi connectivity index (χ4v) is 4.88. The molecule has 2 aliphatic rings. The second kappa shape index (κ2) is 9.07. The normalized spacial score (nSPS) is 19.4. The number of aryl methyl sites for hydroxylation is 3. The number of nitrogens with one attached hydrogen (secondary N) is 1. The third kappa shape index (κ3) is 4.84. The maximum Gasteiger partial charge on any atom is 0.239 e. The lowest BCUT2D eigenvalue weighted by Crippen LogP contribution is -2.37. The van der Waals surface area contributed by atoms with Crippen molar-refractivity contribution < 1.29 is 9.21 Å². The van der Waals surface area contributed by atoms with Gasteiger partial charge in [-0.3, -0.25) is 14.6 Å². The van der Waals surface area contributed by atoms with Gasteiger partial charge in [-0.2, -0.15) is 5.10 Å². The monoisotopic (exact) mass is 449 g/mol. The minimum atomic E-state index is -0.0725. The Balaban J connectivity index is 1.34. The predicted octanol–water partition coefficient (Wildman–Crippen LogP) is 2.96. The van der Waals surface area contributed by atoms with Gasteiger partial charge in [0.25, 0.3) is 0 Å². The maximum atomic E-state index is 12.9. The molecule has 2 fully saturated rings. The molecule has 0 aliphatic carbocycles. The van der Waals surface area contributed by atoms with E-state index in [1.165, 1.54) is 25.9 Å². The van der Waals surface area contributed by atoms with E-state index in [2.05, 4.69) is 30.2 Å². The van der Waals surface area contributed by atoms with Crippen molar-refractivity contribution in [1.29, 1.82) is 0 Å². The summed E-state index contributed by atoms with van der Waals surface area (Å²) < 4.78 is 7.50. The van der Waals surface area contributed by atoms with Gasteiger partial charge in [-0.25, -0.2) is 14.6 Å².